The highest BCUT2D eigenvalue weighted by Gasteiger charge is 2.15. The van der Waals surface area contributed by atoms with Crippen LogP contribution in [-0.4, -0.2) is 31.7 Å². The second-order valence-corrected chi connectivity index (χ2v) is 6.81. The molecule has 0 aliphatic rings. The Labute approximate surface area is 176 Å². The predicted octanol–water partition coefficient (Wildman–Crippen LogP) is 5.02. The van der Waals surface area contributed by atoms with Crippen LogP contribution in [0.5, 0.6) is 11.5 Å². The number of aryl methyl sites for hydroxylation is 1. The standard InChI is InChI=1S/C22H26ClNO5/c1-4-6-11-28-19-10-8-16(13-20(19)27-5-2)22(26)29-14-21(25)24-18-9-7-15(3)12-17(18)23/h7-10,12-13H,4-6,11,14H2,1-3H3,(H,24,25). The lowest BCUT2D eigenvalue weighted by Crippen LogP contribution is -2.21. The van der Waals surface area contributed by atoms with Gasteiger partial charge in [0.25, 0.3) is 5.91 Å². The summed E-state index contributed by atoms with van der Waals surface area (Å²) in [5.74, 6) is -0.0672. The van der Waals surface area contributed by atoms with E-state index in [2.05, 4.69) is 12.2 Å². The number of anilines is 1. The molecule has 0 radical (unpaired) electrons. The SMILES string of the molecule is CCCCOc1ccc(C(=O)OCC(=O)Nc2ccc(C)cc2Cl)cc1OCC. The summed E-state index contributed by atoms with van der Waals surface area (Å²) in [6.07, 6.45) is 1.94. The molecule has 0 fully saturated rings. The molecule has 0 aliphatic carbocycles. The van der Waals surface area contributed by atoms with E-state index in [4.69, 9.17) is 25.8 Å². The Bertz CT molecular complexity index is 853. The molecule has 1 amide bonds. The summed E-state index contributed by atoms with van der Waals surface area (Å²) in [7, 11) is 0. The van der Waals surface area contributed by atoms with Crippen LogP contribution < -0.4 is 14.8 Å². The molecule has 0 heterocycles. The van der Waals surface area contributed by atoms with Crippen LogP contribution in [0, 0.1) is 6.92 Å². The normalized spacial score (nSPS) is 10.3. The van der Waals surface area contributed by atoms with Gasteiger partial charge in [0.1, 0.15) is 0 Å². The first-order valence-electron chi connectivity index (χ1n) is 9.57. The van der Waals surface area contributed by atoms with Crippen molar-refractivity contribution in [3.63, 3.8) is 0 Å². The summed E-state index contributed by atoms with van der Waals surface area (Å²) in [6, 6.07) is 10.1. The van der Waals surface area contributed by atoms with Gasteiger partial charge in [-0.15, -0.1) is 0 Å². The smallest absolute Gasteiger partial charge is 0.338 e. The van der Waals surface area contributed by atoms with E-state index in [0.29, 0.717) is 35.4 Å². The molecular formula is C22H26ClNO5. The minimum Gasteiger partial charge on any atom is -0.490 e. The first-order chi connectivity index (χ1) is 13.9. The Morgan fingerprint density at radius 2 is 1.83 bits per heavy atom. The Morgan fingerprint density at radius 1 is 1.03 bits per heavy atom. The Kier molecular flexibility index (Phi) is 8.80. The van der Waals surface area contributed by atoms with Gasteiger partial charge in [0.2, 0.25) is 0 Å². The third kappa shape index (κ3) is 6.98. The average molecular weight is 420 g/mol. The molecule has 0 bridgehead atoms. The van der Waals surface area contributed by atoms with E-state index in [0.717, 1.165) is 18.4 Å². The van der Waals surface area contributed by atoms with E-state index in [1.54, 1.807) is 30.3 Å². The molecule has 0 unspecified atom stereocenters. The zero-order valence-electron chi connectivity index (χ0n) is 16.9. The molecule has 1 N–H and O–H groups in total. The summed E-state index contributed by atoms with van der Waals surface area (Å²) in [4.78, 5) is 24.4. The van der Waals surface area contributed by atoms with E-state index in [1.807, 2.05) is 19.9 Å². The molecule has 0 saturated heterocycles. The number of nitrogens with one attached hydrogen (secondary N) is 1. The summed E-state index contributed by atoms with van der Waals surface area (Å²) in [5, 5.41) is 3.04. The average Bonchev–Trinajstić information content (AvgIpc) is 2.69. The number of esters is 1. The number of unbranched alkanes of at least 4 members (excludes halogenated alkanes) is 1. The van der Waals surface area contributed by atoms with Crippen LogP contribution in [0.25, 0.3) is 0 Å². The molecule has 0 spiro atoms. The van der Waals surface area contributed by atoms with Crippen molar-refractivity contribution >= 4 is 29.2 Å². The molecule has 6 nitrogen and oxygen atoms in total. The minimum atomic E-state index is -0.629. The van der Waals surface area contributed by atoms with Gasteiger partial charge in [-0.25, -0.2) is 4.79 Å². The largest absolute Gasteiger partial charge is 0.490 e. The molecule has 0 saturated carbocycles. The number of ether oxygens (including phenoxy) is 3. The number of amides is 1. The maximum atomic E-state index is 12.3. The van der Waals surface area contributed by atoms with Gasteiger partial charge in [0, 0.05) is 0 Å². The van der Waals surface area contributed by atoms with Crippen molar-refractivity contribution in [3.05, 3.63) is 52.5 Å². The number of hydrogen-bond donors (Lipinski definition) is 1. The molecule has 7 heteroatoms. The van der Waals surface area contributed by atoms with E-state index < -0.39 is 18.5 Å². The summed E-state index contributed by atoms with van der Waals surface area (Å²) >= 11 is 6.09. The van der Waals surface area contributed by atoms with Gasteiger partial charge < -0.3 is 19.5 Å². The Morgan fingerprint density at radius 3 is 2.52 bits per heavy atom. The number of benzene rings is 2. The van der Waals surface area contributed by atoms with Gasteiger partial charge in [0.15, 0.2) is 18.1 Å². The Hall–Kier alpha value is -2.73. The van der Waals surface area contributed by atoms with Gasteiger partial charge in [-0.2, -0.15) is 0 Å². The van der Waals surface area contributed by atoms with E-state index in [9.17, 15) is 9.59 Å². The number of halogens is 1. The van der Waals surface area contributed by atoms with Crippen molar-refractivity contribution in [1.29, 1.82) is 0 Å². The predicted molar refractivity (Wildman–Crippen MR) is 113 cm³/mol. The van der Waals surface area contributed by atoms with Crippen LogP contribution >= 0.6 is 11.6 Å². The fourth-order valence-corrected chi connectivity index (χ4v) is 2.75. The lowest BCUT2D eigenvalue weighted by atomic mass is 10.2. The highest BCUT2D eigenvalue weighted by atomic mass is 35.5. The molecule has 0 aliphatic heterocycles. The molecule has 0 aromatic heterocycles. The number of hydrogen-bond acceptors (Lipinski definition) is 5. The minimum absolute atomic E-state index is 0.275. The highest BCUT2D eigenvalue weighted by Crippen LogP contribution is 2.29. The molecule has 2 aromatic rings. The van der Waals surface area contributed by atoms with Crippen molar-refractivity contribution in [3.8, 4) is 11.5 Å². The molecule has 2 rings (SSSR count). The van der Waals surface area contributed by atoms with Crippen molar-refractivity contribution in [2.24, 2.45) is 0 Å². The molecular weight excluding hydrogens is 394 g/mol. The third-order valence-electron chi connectivity index (χ3n) is 3.97. The van der Waals surface area contributed by atoms with Gasteiger partial charge in [-0.3, -0.25) is 4.79 Å². The molecule has 2 aromatic carbocycles. The zero-order chi connectivity index (χ0) is 21.2. The molecule has 0 atom stereocenters. The van der Waals surface area contributed by atoms with Crippen LogP contribution in [0.1, 0.15) is 42.6 Å². The van der Waals surface area contributed by atoms with Gasteiger partial charge in [-0.1, -0.05) is 31.0 Å². The summed E-state index contributed by atoms with van der Waals surface area (Å²) < 4.78 is 16.4. The second kappa shape index (κ2) is 11.3. The van der Waals surface area contributed by atoms with Gasteiger partial charge in [0.05, 0.1) is 29.5 Å². The van der Waals surface area contributed by atoms with E-state index >= 15 is 0 Å². The van der Waals surface area contributed by atoms with Gasteiger partial charge in [-0.05, 0) is 56.2 Å². The number of carbonyl (C=O) groups excluding carboxylic acids is 2. The van der Waals surface area contributed by atoms with E-state index in [-0.39, 0.29) is 5.56 Å². The van der Waals surface area contributed by atoms with Crippen molar-refractivity contribution < 1.29 is 23.8 Å². The Balaban J connectivity index is 1.96. The zero-order valence-corrected chi connectivity index (χ0v) is 17.7. The number of rotatable bonds is 10. The van der Waals surface area contributed by atoms with Crippen molar-refractivity contribution in [2.75, 3.05) is 25.1 Å². The van der Waals surface area contributed by atoms with Gasteiger partial charge >= 0.3 is 5.97 Å². The van der Waals surface area contributed by atoms with Crippen LogP contribution in [0.3, 0.4) is 0 Å². The van der Waals surface area contributed by atoms with E-state index in [1.165, 1.54) is 0 Å². The maximum absolute atomic E-state index is 12.3. The molecule has 29 heavy (non-hydrogen) atoms. The quantitative estimate of drug-likeness (QED) is 0.432. The third-order valence-corrected chi connectivity index (χ3v) is 4.28. The topological polar surface area (TPSA) is 73.9 Å². The molecule has 156 valence electrons. The highest BCUT2D eigenvalue weighted by molar-refractivity contribution is 6.33. The fraction of sp³-hybridized carbons (Fsp3) is 0.364. The summed E-state index contributed by atoms with van der Waals surface area (Å²) in [5.41, 5.74) is 1.72. The monoisotopic (exact) mass is 419 g/mol. The summed E-state index contributed by atoms with van der Waals surface area (Å²) in [6.45, 7) is 6.40. The lowest BCUT2D eigenvalue weighted by molar-refractivity contribution is -0.119. The van der Waals surface area contributed by atoms with Crippen molar-refractivity contribution in [1.82, 2.24) is 0 Å². The van der Waals surface area contributed by atoms with Crippen molar-refractivity contribution in [2.45, 2.75) is 33.6 Å². The van der Waals surface area contributed by atoms with Crippen LogP contribution in [0.2, 0.25) is 5.02 Å². The first-order valence-corrected chi connectivity index (χ1v) is 9.95. The van der Waals surface area contributed by atoms with Crippen LogP contribution in [0.15, 0.2) is 36.4 Å². The maximum Gasteiger partial charge on any atom is 0.338 e. The number of carbonyl (C=O) groups is 2. The lowest BCUT2D eigenvalue weighted by Gasteiger charge is -2.13. The second-order valence-electron chi connectivity index (χ2n) is 6.40. The van der Waals surface area contributed by atoms with Crippen LogP contribution in [0.4, 0.5) is 5.69 Å². The first kappa shape index (κ1) is 22.6. The fourth-order valence-electron chi connectivity index (χ4n) is 2.47. The van der Waals surface area contributed by atoms with Crippen LogP contribution in [-0.2, 0) is 9.53 Å².